The van der Waals surface area contributed by atoms with Crippen LogP contribution in [0.2, 0.25) is 0 Å². The molecule has 4 nitrogen and oxygen atoms in total. The summed E-state index contributed by atoms with van der Waals surface area (Å²) in [5.74, 6) is 1.24. The van der Waals surface area contributed by atoms with E-state index in [1.807, 2.05) is 4.57 Å². The zero-order valence-corrected chi connectivity index (χ0v) is 9.59. The first kappa shape index (κ1) is 10.2. The largest absolute Gasteiger partial charge is 0.354 e. The molecule has 0 saturated heterocycles. The van der Waals surface area contributed by atoms with Crippen LogP contribution in [0.4, 0.5) is 5.95 Å². The molecule has 82 valence electrons. The van der Waals surface area contributed by atoms with Crippen molar-refractivity contribution in [3.63, 3.8) is 0 Å². The zero-order chi connectivity index (χ0) is 11.0. The van der Waals surface area contributed by atoms with Gasteiger partial charge in [-0.2, -0.15) is 0 Å². The quantitative estimate of drug-likeness (QED) is 0.770. The monoisotopic (exact) mass is 206 g/mol. The lowest BCUT2D eigenvalue weighted by molar-refractivity contribution is 0.681. The molecule has 0 fully saturated rings. The molecule has 0 unspecified atom stereocenters. The van der Waals surface area contributed by atoms with Gasteiger partial charge >= 0.3 is 0 Å². The summed E-state index contributed by atoms with van der Waals surface area (Å²) in [7, 11) is 0. The van der Waals surface area contributed by atoms with E-state index in [1.54, 1.807) is 0 Å². The minimum Gasteiger partial charge on any atom is -0.354 e. The minimum atomic E-state index is 0.373. The molecule has 2 heterocycles. The number of nitrogens with one attached hydrogen (secondary N) is 2. The molecule has 0 radical (unpaired) electrons. The summed E-state index contributed by atoms with van der Waals surface area (Å²) < 4.78 is 1.97. The predicted octanol–water partition coefficient (Wildman–Crippen LogP) is 1.47. The summed E-state index contributed by atoms with van der Waals surface area (Å²) in [4.78, 5) is 4.59. The Morgan fingerprint density at radius 2 is 2.27 bits per heavy atom. The van der Waals surface area contributed by atoms with Gasteiger partial charge in [0.1, 0.15) is 5.49 Å². The standard InChI is InChI=1S/C11H18N4/c1-4-8-9(7(2)3)10(12)15-6-5-13-11(15)14-8/h7,12H,4-6H2,1-3H3,(H,13,14). The number of aromatic nitrogens is 2. The minimum absolute atomic E-state index is 0.373. The molecule has 0 amide bonds. The number of nitrogens with zero attached hydrogens (tertiary/aromatic N) is 2. The van der Waals surface area contributed by atoms with E-state index < -0.39 is 0 Å². The van der Waals surface area contributed by atoms with Gasteiger partial charge in [-0.1, -0.05) is 20.8 Å². The van der Waals surface area contributed by atoms with Gasteiger partial charge in [-0.3, -0.25) is 9.98 Å². The molecule has 0 aliphatic carbocycles. The van der Waals surface area contributed by atoms with Crippen molar-refractivity contribution in [2.24, 2.45) is 0 Å². The first-order valence-corrected chi connectivity index (χ1v) is 5.57. The summed E-state index contributed by atoms with van der Waals surface area (Å²) in [5, 5.41) is 11.4. The summed E-state index contributed by atoms with van der Waals surface area (Å²) in [6.07, 6.45) is 0.898. The van der Waals surface area contributed by atoms with Crippen molar-refractivity contribution in [2.45, 2.75) is 39.7 Å². The molecule has 0 aromatic carbocycles. The second kappa shape index (κ2) is 3.68. The van der Waals surface area contributed by atoms with Crippen LogP contribution in [0.5, 0.6) is 0 Å². The number of hydrogen-bond acceptors (Lipinski definition) is 3. The van der Waals surface area contributed by atoms with Gasteiger partial charge in [0, 0.05) is 18.7 Å². The van der Waals surface area contributed by atoms with E-state index in [1.165, 1.54) is 0 Å². The number of fused-ring (bicyclic) bond motifs is 1. The molecular weight excluding hydrogens is 188 g/mol. The molecule has 0 bridgehead atoms. The summed E-state index contributed by atoms with van der Waals surface area (Å²) in [6, 6.07) is 0. The van der Waals surface area contributed by atoms with Crippen molar-refractivity contribution >= 4 is 5.95 Å². The third kappa shape index (κ3) is 1.54. The van der Waals surface area contributed by atoms with Crippen molar-refractivity contribution in [1.29, 1.82) is 5.41 Å². The smallest absolute Gasteiger partial charge is 0.204 e. The Morgan fingerprint density at radius 3 is 2.87 bits per heavy atom. The third-order valence-electron chi connectivity index (χ3n) is 2.86. The van der Waals surface area contributed by atoms with Gasteiger partial charge in [-0.15, -0.1) is 0 Å². The highest BCUT2D eigenvalue weighted by molar-refractivity contribution is 5.35. The number of aryl methyl sites for hydroxylation is 1. The zero-order valence-electron chi connectivity index (χ0n) is 9.59. The van der Waals surface area contributed by atoms with E-state index in [0.717, 1.165) is 36.7 Å². The highest BCUT2D eigenvalue weighted by Gasteiger charge is 2.18. The van der Waals surface area contributed by atoms with Gasteiger partial charge in [0.2, 0.25) is 5.95 Å². The molecule has 0 atom stereocenters. The maximum Gasteiger partial charge on any atom is 0.204 e. The molecule has 0 spiro atoms. The van der Waals surface area contributed by atoms with Gasteiger partial charge in [-0.05, 0) is 12.3 Å². The summed E-state index contributed by atoms with van der Waals surface area (Å²) in [5.41, 5.74) is 2.80. The lowest BCUT2D eigenvalue weighted by Crippen LogP contribution is -2.26. The lowest BCUT2D eigenvalue weighted by Gasteiger charge is -2.14. The second-order valence-corrected chi connectivity index (χ2v) is 4.23. The maximum atomic E-state index is 8.18. The van der Waals surface area contributed by atoms with Crippen LogP contribution in [0.15, 0.2) is 0 Å². The number of rotatable bonds is 2. The molecule has 4 heteroatoms. The predicted molar refractivity (Wildman–Crippen MR) is 60.0 cm³/mol. The molecule has 1 aliphatic heterocycles. The number of anilines is 1. The average Bonchev–Trinajstić information content (AvgIpc) is 2.64. The van der Waals surface area contributed by atoms with E-state index in [0.29, 0.717) is 11.4 Å². The van der Waals surface area contributed by atoms with Crippen molar-refractivity contribution in [3.8, 4) is 0 Å². The molecule has 0 saturated carbocycles. The summed E-state index contributed by atoms with van der Waals surface area (Å²) >= 11 is 0. The van der Waals surface area contributed by atoms with Crippen LogP contribution < -0.4 is 10.8 Å². The molecule has 2 N–H and O–H groups in total. The lowest BCUT2D eigenvalue weighted by atomic mass is 10.0. The Labute approximate surface area is 89.9 Å². The van der Waals surface area contributed by atoms with E-state index in [4.69, 9.17) is 5.41 Å². The Balaban J connectivity index is 2.68. The van der Waals surface area contributed by atoms with E-state index >= 15 is 0 Å². The van der Waals surface area contributed by atoms with E-state index in [-0.39, 0.29) is 0 Å². The third-order valence-corrected chi connectivity index (χ3v) is 2.86. The Morgan fingerprint density at radius 1 is 1.53 bits per heavy atom. The highest BCUT2D eigenvalue weighted by Crippen LogP contribution is 2.18. The van der Waals surface area contributed by atoms with Gasteiger partial charge in [-0.25, -0.2) is 4.98 Å². The maximum absolute atomic E-state index is 8.18. The SMILES string of the molecule is CCc1nc2n(c(=N)c1C(C)C)CCN2. The van der Waals surface area contributed by atoms with Crippen molar-refractivity contribution in [1.82, 2.24) is 9.55 Å². The molecular formula is C11H18N4. The fourth-order valence-electron chi connectivity index (χ4n) is 2.14. The first-order chi connectivity index (χ1) is 7.15. The molecule has 15 heavy (non-hydrogen) atoms. The van der Waals surface area contributed by atoms with Gasteiger partial charge < -0.3 is 5.32 Å². The fourth-order valence-corrected chi connectivity index (χ4v) is 2.14. The van der Waals surface area contributed by atoms with Gasteiger partial charge in [0.15, 0.2) is 0 Å². The Hall–Kier alpha value is -1.32. The van der Waals surface area contributed by atoms with Crippen molar-refractivity contribution in [2.75, 3.05) is 11.9 Å². The van der Waals surface area contributed by atoms with Crippen LogP contribution in [-0.2, 0) is 13.0 Å². The van der Waals surface area contributed by atoms with E-state index in [9.17, 15) is 0 Å². The van der Waals surface area contributed by atoms with Crippen LogP contribution in [0, 0.1) is 5.41 Å². The first-order valence-electron chi connectivity index (χ1n) is 5.57. The van der Waals surface area contributed by atoms with Crippen molar-refractivity contribution < 1.29 is 0 Å². The normalized spacial score (nSPS) is 14.1. The highest BCUT2D eigenvalue weighted by atomic mass is 15.3. The topological polar surface area (TPSA) is 53.7 Å². The van der Waals surface area contributed by atoms with Crippen LogP contribution in [0.3, 0.4) is 0 Å². The Kier molecular flexibility index (Phi) is 2.50. The van der Waals surface area contributed by atoms with Crippen LogP contribution in [0.1, 0.15) is 37.9 Å². The average molecular weight is 206 g/mol. The summed E-state index contributed by atoms with van der Waals surface area (Å²) in [6.45, 7) is 8.11. The van der Waals surface area contributed by atoms with Crippen LogP contribution in [0.25, 0.3) is 0 Å². The van der Waals surface area contributed by atoms with Gasteiger partial charge in [0.25, 0.3) is 0 Å². The molecule has 1 aromatic heterocycles. The van der Waals surface area contributed by atoms with Gasteiger partial charge in [0.05, 0.1) is 5.69 Å². The molecule has 1 aliphatic rings. The second-order valence-electron chi connectivity index (χ2n) is 4.23. The molecule has 2 rings (SSSR count). The fraction of sp³-hybridized carbons (Fsp3) is 0.636. The number of hydrogen-bond donors (Lipinski definition) is 2. The van der Waals surface area contributed by atoms with E-state index in [2.05, 4.69) is 31.1 Å². The molecule has 1 aromatic rings. The van der Waals surface area contributed by atoms with Crippen LogP contribution in [-0.4, -0.2) is 16.1 Å². The van der Waals surface area contributed by atoms with Crippen molar-refractivity contribution in [3.05, 3.63) is 16.7 Å². The van der Waals surface area contributed by atoms with Crippen LogP contribution >= 0.6 is 0 Å². The Bertz CT molecular complexity index is 431.